The quantitative estimate of drug-likeness (QED) is 0.538. The minimum absolute atomic E-state index is 0.175. The largest absolute Gasteiger partial charge is 0.317 e. The maximum Gasteiger partial charge on any atom is 0.0894 e. The Morgan fingerprint density at radius 2 is 2.12 bits per heavy atom. The Kier molecular flexibility index (Phi) is 6.80. The topological polar surface area (TPSA) is 12.0 Å². The van der Waals surface area contributed by atoms with E-state index in [1.54, 1.807) is 0 Å². The van der Waals surface area contributed by atoms with E-state index in [1.807, 2.05) is 0 Å². The molecule has 0 aliphatic heterocycles. The van der Waals surface area contributed by atoms with Crippen molar-refractivity contribution in [2.45, 2.75) is 19.8 Å². The van der Waals surface area contributed by atoms with Crippen LogP contribution < -0.4 is 5.32 Å². The Morgan fingerprint density at radius 3 is 2.62 bits per heavy atom. The smallest absolute Gasteiger partial charge is 0.0894 e. The lowest BCUT2D eigenvalue weighted by Crippen LogP contribution is -2.13. The van der Waals surface area contributed by atoms with Crippen molar-refractivity contribution in [1.29, 1.82) is 0 Å². The highest BCUT2D eigenvalue weighted by molar-refractivity contribution is 4.42. The van der Waals surface area contributed by atoms with Crippen molar-refractivity contribution in [2.24, 2.45) is 0 Å². The summed E-state index contributed by atoms with van der Waals surface area (Å²) in [6.07, 6.45) is 1.66. The fourth-order valence-electron chi connectivity index (χ4n) is 0.521. The van der Waals surface area contributed by atoms with Crippen molar-refractivity contribution in [3.05, 3.63) is 0 Å². The molecule has 0 aliphatic rings. The van der Waals surface area contributed by atoms with Gasteiger partial charge in [0.2, 0.25) is 0 Å². The third kappa shape index (κ3) is 5.89. The second-order valence-corrected chi connectivity index (χ2v) is 1.75. The Labute approximate surface area is 50.3 Å². The van der Waals surface area contributed by atoms with E-state index >= 15 is 0 Å². The van der Waals surface area contributed by atoms with Gasteiger partial charge in [-0.2, -0.15) is 0 Å². The van der Waals surface area contributed by atoms with Gasteiger partial charge in [-0.1, -0.05) is 6.92 Å². The Balaban J connectivity index is 2.53. The van der Waals surface area contributed by atoms with Crippen LogP contribution in [0.15, 0.2) is 0 Å². The number of halogens is 1. The number of hydrogen-bond acceptors (Lipinski definition) is 1. The van der Waals surface area contributed by atoms with Crippen molar-refractivity contribution in [3.63, 3.8) is 0 Å². The van der Waals surface area contributed by atoms with Gasteiger partial charge in [-0.15, -0.1) is 0 Å². The zero-order valence-corrected chi connectivity index (χ0v) is 5.41. The summed E-state index contributed by atoms with van der Waals surface area (Å²) in [6, 6.07) is 0. The summed E-state index contributed by atoms with van der Waals surface area (Å²) in [5, 5.41) is 3.12. The molecular weight excluding hydrogens is 105 g/mol. The van der Waals surface area contributed by atoms with Gasteiger partial charge in [0.25, 0.3) is 0 Å². The fraction of sp³-hybridized carbons (Fsp3) is 1.00. The number of hydrogen-bond donors (Lipinski definition) is 1. The lowest BCUT2D eigenvalue weighted by atomic mass is 10.3. The molecule has 1 N–H and O–H groups in total. The molecule has 0 saturated carbocycles. The van der Waals surface area contributed by atoms with E-state index in [2.05, 4.69) is 12.2 Å². The first-order valence-electron chi connectivity index (χ1n) is 3.18. The van der Waals surface area contributed by atoms with Crippen LogP contribution in [-0.4, -0.2) is 19.8 Å². The first kappa shape index (κ1) is 7.89. The predicted octanol–water partition coefficient (Wildman–Crippen LogP) is 1.35. The van der Waals surface area contributed by atoms with Gasteiger partial charge in [-0.3, -0.25) is 4.39 Å². The molecule has 0 spiro atoms. The highest BCUT2D eigenvalue weighted by Gasteiger charge is 1.83. The summed E-state index contributed by atoms with van der Waals surface area (Å²) in [5.74, 6) is 0. The molecular formula is C6H14FN. The van der Waals surface area contributed by atoms with E-state index in [0.717, 1.165) is 19.5 Å². The van der Waals surface area contributed by atoms with Crippen LogP contribution in [0.3, 0.4) is 0 Å². The summed E-state index contributed by atoms with van der Waals surface area (Å²) >= 11 is 0. The maximum atomic E-state index is 11.4. The number of unbranched alkanes of at least 4 members (excludes halogenated alkanes) is 1. The van der Waals surface area contributed by atoms with Crippen LogP contribution in [-0.2, 0) is 0 Å². The zero-order valence-electron chi connectivity index (χ0n) is 5.41. The lowest BCUT2D eigenvalue weighted by molar-refractivity contribution is 0.456. The van der Waals surface area contributed by atoms with E-state index < -0.39 is 0 Å². The van der Waals surface area contributed by atoms with Crippen molar-refractivity contribution in [2.75, 3.05) is 19.8 Å². The van der Waals surface area contributed by atoms with Gasteiger partial charge in [0.05, 0.1) is 6.67 Å². The van der Waals surface area contributed by atoms with Crippen LogP contribution in [0.4, 0.5) is 4.39 Å². The van der Waals surface area contributed by atoms with Crippen molar-refractivity contribution in [1.82, 2.24) is 5.32 Å². The molecule has 0 aromatic heterocycles. The van der Waals surface area contributed by atoms with Gasteiger partial charge in [-0.05, 0) is 25.9 Å². The summed E-state index contributed by atoms with van der Waals surface area (Å²) in [4.78, 5) is 0. The van der Waals surface area contributed by atoms with E-state index in [-0.39, 0.29) is 6.67 Å². The first-order chi connectivity index (χ1) is 3.91. The highest BCUT2D eigenvalue weighted by atomic mass is 19.1. The van der Waals surface area contributed by atoms with E-state index in [0.29, 0.717) is 6.42 Å². The predicted molar refractivity (Wildman–Crippen MR) is 33.8 cm³/mol. The van der Waals surface area contributed by atoms with E-state index in [9.17, 15) is 4.39 Å². The van der Waals surface area contributed by atoms with Crippen LogP contribution in [0.1, 0.15) is 19.8 Å². The van der Waals surface area contributed by atoms with Gasteiger partial charge in [-0.25, -0.2) is 0 Å². The van der Waals surface area contributed by atoms with Crippen molar-refractivity contribution >= 4 is 0 Å². The second-order valence-electron chi connectivity index (χ2n) is 1.75. The SMILES string of the molecule is CCNCCCCF. The lowest BCUT2D eigenvalue weighted by Gasteiger charge is -1.96. The van der Waals surface area contributed by atoms with Gasteiger partial charge in [0.1, 0.15) is 0 Å². The van der Waals surface area contributed by atoms with Crippen LogP contribution in [0, 0.1) is 0 Å². The third-order valence-corrected chi connectivity index (χ3v) is 0.987. The molecule has 0 bridgehead atoms. The molecule has 0 saturated heterocycles. The molecule has 0 aromatic carbocycles. The summed E-state index contributed by atoms with van der Waals surface area (Å²) in [7, 11) is 0. The van der Waals surface area contributed by atoms with E-state index in [1.165, 1.54) is 0 Å². The summed E-state index contributed by atoms with van der Waals surface area (Å²) in [6.45, 7) is 3.83. The zero-order chi connectivity index (χ0) is 6.24. The fourth-order valence-corrected chi connectivity index (χ4v) is 0.521. The average molecular weight is 119 g/mol. The van der Waals surface area contributed by atoms with Gasteiger partial charge < -0.3 is 5.32 Å². The average Bonchev–Trinajstić information content (AvgIpc) is 1.81. The van der Waals surface area contributed by atoms with Crippen LogP contribution in [0.2, 0.25) is 0 Å². The normalized spacial score (nSPS) is 9.75. The molecule has 0 aromatic rings. The Morgan fingerprint density at radius 1 is 1.38 bits per heavy atom. The molecule has 50 valence electrons. The Bertz CT molecular complexity index is 33.5. The molecule has 0 aliphatic carbocycles. The molecule has 0 atom stereocenters. The highest BCUT2D eigenvalue weighted by Crippen LogP contribution is 1.85. The second kappa shape index (κ2) is 6.89. The molecule has 0 amide bonds. The molecule has 2 heteroatoms. The van der Waals surface area contributed by atoms with Gasteiger partial charge in [0.15, 0.2) is 0 Å². The number of nitrogens with one attached hydrogen (secondary N) is 1. The molecule has 0 rings (SSSR count). The Hall–Kier alpha value is -0.110. The third-order valence-electron chi connectivity index (χ3n) is 0.987. The first-order valence-corrected chi connectivity index (χ1v) is 3.18. The number of alkyl halides is 1. The van der Waals surface area contributed by atoms with Crippen LogP contribution >= 0.6 is 0 Å². The monoisotopic (exact) mass is 119 g/mol. The summed E-state index contributed by atoms with van der Waals surface area (Å²) < 4.78 is 11.4. The van der Waals surface area contributed by atoms with E-state index in [4.69, 9.17) is 0 Å². The minimum Gasteiger partial charge on any atom is -0.317 e. The van der Waals surface area contributed by atoms with Crippen LogP contribution in [0.5, 0.6) is 0 Å². The van der Waals surface area contributed by atoms with Crippen LogP contribution in [0.25, 0.3) is 0 Å². The molecule has 0 fully saturated rings. The summed E-state index contributed by atoms with van der Waals surface area (Å²) in [5.41, 5.74) is 0. The molecule has 0 radical (unpaired) electrons. The number of rotatable bonds is 5. The van der Waals surface area contributed by atoms with Crippen molar-refractivity contribution in [3.8, 4) is 0 Å². The standard InChI is InChI=1S/C6H14FN/c1-2-8-6-4-3-5-7/h8H,2-6H2,1H3. The molecule has 0 heterocycles. The minimum atomic E-state index is -0.175. The van der Waals surface area contributed by atoms with Gasteiger partial charge >= 0.3 is 0 Å². The molecule has 1 nitrogen and oxygen atoms in total. The molecule has 0 unspecified atom stereocenters. The van der Waals surface area contributed by atoms with Crippen molar-refractivity contribution < 1.29 is 4.39 Å². The molecule has 8 heavy (non-hydrogen) atoms. The maximum absolute atomic E-state index is 11.4. The van der Waals surface area contributed by atoms with Gasteiger partial charge in [0, 0.05) is 0 Å².